The first kappa shape index (κ1) is 23.0. The molecule has 0 atom stereocenters. The molecule has 144 valence electrons. The van der Waals surface area contributed by atoms with Gasteiger partial charge in [-0.3, -0.25) is 0 Å². The second kappa shape index (κ2) is 16.2. The average molecular weight is 476 g/mol. The van der Waals surface area contributed by atoms with E-state index in [1.54, 1.807) is 0 Å². The number of hydrogen-bond acceptors (Lipinski definition) is 1. The summed E-state index contributed by atoms with van der Waals surface area (Å²) in [6.07, 6.45) is 19.5. The van der Waals surface area contributed by atoms with Gasteiger partial charge in [-0.15, -0.1) is 0 Å². The minimum absolute atomic E-state index is 0.820. The van der Waals surface area contributed by atoms with E-state index in [-0.39, 0.29) is 0 Å². The molecule has 0 saturated heterocycles. The lowest BCUT2D eigenvalue weighted by atomic mass is 10.0. The summed E-state index contributed by atoms with van der Waals surface area (Å²) in [6.45, 7) is 3.11. The number of halogens is 2. The molecule has 1 aromatic carbocycles. The molecule has 0 spiro atoms. The number of unbranched alkanes of at least 4 members (excludes halogenated alkanes) is 13. The van der Waals surface area contributed by atoms with Gasteiger partial charge in [0.15, 0.2) is 0 Å². The van der Waals surface area contributed by atoms with E-state index < -0.39 is 0 Å². The molecule has 3 heteroatoms. The smallest absolute Gasteiger partial charge is 0.121 e. The summed E-state index contributed by atoms with van der Waals surface area (Å²) in [5.41, 5.74) is 0. The van der Waals surface area contributed by atoms with Crippen LogP contribution in [0.1, 0.15) is 96.8 Å². The van der Waals surface area contributed by atoms with Crippen LogP contribution in [-0.2, 0) is 0 Å². The average Bonchev–Trinajstić information content (AvgIpc) is 2.57. The van der Waals surface area contributed by atoms with Gasteiger partial charge in [0.1, 0.15) is 5.75 Å². The van der Waals surface area contributed by atoms with Crippen LogP contribution in [0, 0.1) is 0 Å². The molecule has 0 aliphatic carbocycles. The molecule has 0 aliphatic rings. The van der Waals surface area contributed by atoms with Crippen LogP contribution in [0.15, 0.2) is 27.1 Å². The van der Waals surface area contributed by atoms with E-state index >= 15 is 0 Å². The van der Waals surface area contributed by atoms with Crippen LogP contribution in [0.4, 0.5) is 0 Å². The summed E-state index contributed by atoms with van der Waals surface area (Å²) in [7, 11) is 0. The minimum atomic E-state index is 0.820. The van der Waals surface area contributed by atoms with Crippen molar-refractivity contribution in [1.82, 2.24) is 0 Å². The Labute approximate surface area is 172 Å². The topological polar surface area (TPSA) is 9.23 Å². The quantitative estimate of drug-likeness (QED) is 0.216. The summed E-state index contributed by atoms with van der Waals surface area (Å²) < 4.78 is 7.92. The third-order valence-electron chi connectivity index (χ3n) is 4.60. The summed E-state index contributed by atoms with van der Waals surface area (Å²) in [5.74, 6) is 0.941. The molecule has 0 aromatic heterocycles. The molecule has 0 bridgehead atoms. The van der Waals surface area contributed by atoms with Crippen molar-refractivity contribution in [2.45, 2.75) is 96.8 Å². The van der Waals surface area contributed by atoms with Gasteiger partial charge >= 0.3 is 0 Å². The Morgan fingerprint density at radius 1 is 0.600 bits per heavy atom. The lowest BCUT2D eigenvalue weighted by Gasteiger charge is -2.07. The molecule has 0 fully saturated rings. The van der Waals surface area contributed by atoms with Crippen LogP contribution in [0.2, 0.25) is 0 Å². The van der Waals surface area contributed by atoms with Crippen LogP contribution < -0.4 is 4.74 Å². The summed E-state index contributed by atoms with van der Waals surface area (Å²) in [4.78, 5) is 0. The number of rotatable bonds is 16. The van der Waals surface area contributed by atoms with E-state index in [1.807, 2.05) is 18.2 Å². The van der Waals surface area contributed by atoms with Gasteiger partial charge in [-0.25, -0.2) is 0 Å². The van der Waals surface area contributed by atoms with Gasteiger partial charge < -0.3 is 4.74 Å². The molecule has 25 heavy (non-hydrogen) atoms. The Morgan fingerprint density at radius 2 is 1.00 bits per heavy atom. The van der Waals surface area contributed by atoms with E-state index in [0.717, 1.165) is 27.7 Å². The van der Waals surface area contributed by atoms with Crippen LogP contribution in [0.3, 0.4) is 0 Å². The summed E-state index contributed by atoms with van der Waals surface area (Å²) >= 11 is 6.98. The first-order valence-corrected chi connectivity index (χ1v) is 11.9. The number of benzene rings is 1. The SMILES string of the molecule is CCCCCCCCCCCCCCCCOc1cc(Br)cc(Br)c1. The number of ether oxygens (including phenoxy) is 1. The fourth-order valence-corrected chi connectivity index (χ4v) is 4.35. The fraction of sp³-hybridized carbons (Fsp3) is 0.727. The Bertz CT molecular complexity index is 414. The molecular weight excluding hydrogens is 440 g/mol. The predicted octanol–water partition coefficient (Wildman–Crippen LogP) is 9.07. The molecule has 0 amide bonds. The van der Waals surface area contributed by atoms with E-state index in [1.165, 1.54) is 83.5 Å². The van der Waals surface area contributed by atoms with Gasteiger partial charge in [-0.1, -0.05) is 122 Å². The maximum atomic E-state index is 5.81. The standard InChI is InChI=1S/C22H36Br2O/c1-2-3-4-5-6-7-8-9-10-11-12-13-14-15-16-25-22-18-20(23)17-21(24)19-22/h17-19H,2-16H2,1H3. The first-order valence-electron chi connectivity index (χ1n) is 10.3. The highest BCUT2D eigenvalue weighted by atomic mass is 79.9. The Kier molecular flexibility index (Phi) is 14.9. The minimum Gasteiger partial charge on any atom is -0.494 e. The lowest BCUT2D eigenvalue weighted by Crippen LogP contribution is -1.97. The van der Waals surface area contributed by atoms with Crippen LogP contribution in [0.25, 0.3) is 0 Å². The van der Waals surface area contributed by atoms with E-state index in [0.29, 0.717) is 0 Å². The second-order valence-corrected chi connectivity index (χ2v) is 8.88. The zero-order valence-electron chi connectivity index (χ0n) is 16.0. The van der Waals surface area contributed by atoms with E-state index in [4.69, 9.17) is 4.74 Å². The molecule has 0 N–H and O–H groups in total. The van der Waals surface area contributed by atoms with Crippen LogP contribution >= 0.6 is 31.9 Å². The predicted molar refractivity (Wildman–Crippen MR) is 118 cm³/mol. The molecule has 0 heterocycles. The highest BCUT2D eigenvalue weighted by Gasteiger charge is 1.99. The van der Waals surface area contributed by atoms with Crippen molar-refractivity contribution in [1.29, 1.82) is 0 Å². The maximum Gasteiger partial charge on any atom is 0.121 e. The zero-order chi connectivity index (χ0) is 18.2. The molecule has 0 radical (unpaired) electrons. The van der Waals surface area contributed by atoms with Gasteiger partial charge in [-0.05, 0) is 24.6 Å². The molecule has 0 unspecified atom stereocenters. The highest BCUT2D eigenvalue weighted by molar-refractivity contribution is 9.11. The Balaban J connectivity index is 1.81. The molecule has 0 saturated carbocycles. The molecule has 1 nitrogen and oxygen atoms in total. The normalized spacial score (nSPS) is 11.0. The van der Waals surface area contributed by atoms with E-state index in [9.17, 15) is 0 Å². The van der Waals surface area contributed by atoms with Crippen molar-refractivity contribution in [3.8, 4) is 5.75 Å². The van der Waals surface area contributed by atoms with Crippen molar-refractivity contribution < 1.29 is 4.74 Å². The lowest BCUT2D eigenvalue weighted by molar-refractivity contribution is 0.304. The van der Waals surface area contributed by atoms with Crippen LogP contribution in [0.5, 0.6) is 5.75 Å². The van der Waals surface area contributed by atoms with Gasteiger partial charge in [0.2, 0.25) is 0 Å². The second-order valence-electron chi connectivity index (χ2n) is 7.05. The fourth-order valence-electron chi connectivity index (χ4n) is 3.10. The van der Waals surface area contributed by atoms with Crippen molar-refractivity contribution in [2.24, 2.45) is 0 Å². The maximum absolute atomic E-state index is 5.81. The zero-order valence-corrected chi connectivity index (χ0v) is 19.2. The third kappa shape index (κ3) is 13.8. The molecule has 1 rings (SSSR count). The Hall–Kier alpha value is -0.0200. The molecule has 1 aromatic rings. The van der Waals surface area contributed by atoms with Gasteiger partial charge in [0.05, 0.1) is 6.61 Å². The molecular formula is C22H36Br2O. The van der Waals surface area contributed by atoms with Gasteiger partial charge in [0.25, 0.3) is 0 Å². The van der Waals surface area contributed by atoms with E-state index in [2.05, 4.69) is 38.8 Å². The monoisotopic (exact) mass is 474 g/mol. The van der Waals surface area contributed by atoms with Crippen molar-refractivity contribution in [3.05, 3.63) is 27.1 Å². The van der Waals surface area contributed by atoms with Crippen LogP contribution in [-0.4, -0.2) is 6.61 Å². The van der Waals surface area contributed by atoms with Crippen molar-refractivity contribution in [2.75, 3.05) is 6.61 Å². The summed E-state index contributed by atoms with van der Waals surface area (Å²) in [5, 5.41) is 0. The van der Waals surface area contributed by atoms with Crippen molar-refractivity contribution >= 4 is 31.9 Å². The first-order chi connectivity index (χ1) is 12.2. The highest BCUT2D eigenvalue weighted by Crippen LogP contribution is 2.25. The third-order valence-corrected chi connectivity index (χ3v) is 5.52. The van der Waals surface area contributed by atoms with Gasteiger partial charge in [0, 0.05) is 8.95 Å². The van der Waals surface area contributed by atoms with Crippen molar-refractivity contribution in [3.63, 3.8) is 0 Å². The van der Waals surface area contributed by atoms with Gasteiger partial charge in [-0.2, -0.15) is 0 Å². The largest absolute Gasteiger partial charge is 0.494 e. The molecule has 0 aliphatic heterocycles. The summed E-state index contributed by atoms with van der Waals surface area (Å²) in [6, 6.07) is 6.07. The number of hydrogen-bond donors (Lipinski definition) is 0. The Morgan fingerprint density at radius 3 is 1.44 bits per heavy atom.